The summed E-state index contributed by atoms with van der Waals surface area (Å²) in [5.41, 5.74) is 4.34. The summed E-state index contributed by atoms with van der Waals surface area (Å²) in [6.07, 6.45) is 0.417. The highest BCUT2D eigenvalue weighted by atomic mass is 35.5. The van der Waals surface area contributed by atoms with Gasteiger partial charge in [0.1, 0.15) is 5.60 Å². The molecule has 1 N–H and O–H groups in total. The first-order chi connectivity index (χ1) is 17.3. The van der Waals surface area contributed by atoms with Crippen LogP contribution in [0.15, 0.2) is 97.1 Å². The molecule has 4 heteroatoms. The molecule has 4 atom stereocenters. The van der Waals surface area contributed by atoms with E-state index in [9.17, 15) is 9.90 Å². The highest BCUT2D eigenvalue weighted by Crippen LogP contribution is 2.59. The molecule has 0 aliphatic heterocycles. The minimum Gasteiger partial charge on any atom is -0.384 e. The van der Waals surface area contributed by atoms with Crippen molar-refractivity contribution in [2.75, 3.05) is 0 Å². The molecule has 1 saturated carbocycles. The smallest absolute Gasteiger partial charge is 0.169 e. The second kappa shape index (κ2) is 9.86. The molecule has 4 aromatic carbocycles. The van der Waals surface area contributed by atoms with Crippen LogP contribution >= 0.6 is 23.2 Å². The highest BCUT2D eigenvalue weighted by molar-refractivity contribution is 6.31. The van der Waals surface area contributed by atoms with Crippen LogP contribution in [-0.4, -0.2) is 10.9 Å². The van der Waals surface area contributed by atoms with Crippen LogP contribution in [0.2, 0.25) is 10.0 Å². The lowest BCUT2D eigenvalue weighted by atomic mass is 9.73. The molecule has 0 saturated heterocycles. The molecule has 0 aromatic heterocycles. The predicted octanol–water partition coefficient (Wildman–Crippen LogP) is 8.27. The molecule has 4 aromatic rings. The maximum absolute atomic E-state index is 14.3. The molecule has 182 valence electrons. The van der Waals surface area contributed by atoms with Gasteiger partial charge < -0.3 is 5.11 Å². The summed E-state index contributed by atoms with van der Waals surface area (Å²) in [4.78, 5) is 14.3. The number of ketones is 1. The van der Waals surface area contributed by atoms with Crippen LogP contribution in [0.3, 0.4) is 0 Å². The predicted molar refractivity (Wildman–Crippen MR) is 147 cm³/mol. The van der Waals surface area contributed by atoms with Crippen LogP contribution in [0.5, 0.6) is 0 Å². The lowest BCUT2D eigenvalue weighted by Crippen LogP contribution is -2.38. The van der Waals surface area contributed by atoms with Gasteiger partial charge >= 0.3 is 0 Å². The lowest BCUT2D eigenvalue weighted by Gasteiger charge is -2.33. The Labute approximate surface area is 222 Å². The second-order valence-corrected chi connectivity index (χ2v) is 10.8. The van der Waals surface area contributed by atoms with E-state index in [1.54, 1.807) is 36.4 Å². The summed E-state index contributed by atoms with van der Waals surface area (Å²) in [6, 6.07) is 31.0. The molecular formula is C32H28Cl2O2. The first kappa shape index (κ1) is 24.8. The van der Waals surface area contributed by atoms with Gasteiger partial charge in [-0.25, -0.2) is 0 Å². The zero-order chi connectivity index (χ0) is 25.4. The minimum absolute atomic E-state index is 0.0600. The highest BCUT2D eigenvalue weighted by Gasteiger charge is 2.57. The van der Waals surface area contributed by atoms with E-state index in [2.05, 4.69) is 62.4 Å². The number of aryl methyl sites for hydroxylation is 2. The van der Waals surface area contributed by atoms with Crippen molar-refractivity contribution >= 4 is 29.0 Å². The van der Waals surface area contributed by atoms with Crippen molar-refractivity contribution in [2.45, 2.75) is 37.7 Å². The largest absolute Gasteiger partial charge is 0.384 e. The Morgan fingerprint density at radius 2 is 1.19 bits per heavy atom. The van der Waals surface area contributed by atoms with Crippen LogP contribution < -0.4 is 0 Å². The fourth-order valence-electron chi connectivity index (χ4n) is 5.68. The van der Waals surface area contributed by atoms with Crippen molar-refractivity contribution in [3.63, 3.8) is 0 Å². The zero-order valence-electron chi connectivity index (χ0n) is 20.3. The van der Waals surface area contributed by atoms with Gasteiger partial charge in [0.05, 0.1) is 5.92 Å². The number of hydrogen-bond donors (Lipinski definition) is 1. The van der Waals surface area contributed by atoms with Gasteiger partial charge in [-0.2, -0.15) is 0 Å². The minimum atomic E-state index is -1.38. The monoisotopic (exact) mass is 514 g/mol. The molecule has 0 amide bonds. The molecule has 4 unspecified atom stereocenters. The van der Waals surface area contributed by atoms with E-state index >= 15 is 0 Å². The van der Waals surface area contributed by atoms with E-state index in [-0.39, 0.29) is 17.6 Å². The van der Waals surface area contributed by atoms with Gasteiger partial charge in [-0.05, 0) is 79.3 Å². The number of aliphatic hydroxyl groups is 1. The van der Waals surface area contributed by atoms with Gasteiger partial charge in [-0.3, -0.25) is 4.79 Å². The van der Waals surface area contributed by atoms with Crippen LogP contribution in [0.25, 0.3) is 0 Å². The number of carbonyl (C=O) groups is 1. The molecular weight excluding hydrogens is 487 g/mol. The van der Waals surface area contributed by atoms with E-state index in [1.165, 1.54) is 5.56 Å². The SMILES string of the molecule is Cc1ccc(C2CC(O)(c3ccc(Cl)cc3)C(C(=O)c3ccc(Cl)cc3)C2c2ccc(C)cc2)cc1. The molecule has 0 heterocycles. The Hall–Kier alpha value is -2.91. The normalized spacial score (nSPS) is 23.5. The molecule has 0 bridgehead atoms. The second-order valence-electron chi connectivity index (χ2n) is 9.94. The summed E-state index contributed by atoms with van der Waals surface area (Å²) in [6.45, 7) is 4.11. The van der Waals surface area contributed by atoms with Crippen molar-refractivity contribution in [3.8, 4) is 0 Å². The summed E-state index contributed by atoms with van der Waals surface area (Å²) < 4.78 is 0. The Bertz CT molecular complexity index is 1360. The first-order valence-corrected chi connectivity index (χ1v) is 12.9. The van der Waals surface area contributed by atoms with Gasteiger partial charge in [-0.15, -0.1) is 0 Å². The van der Waals surface area contributed by atoms with Crippen LogP contribution in [0, 0.1) is 19.8 Å². The average molecular weight is 515 g/mol. The Balaban J connectivity index is 1.72. The Morgan fingerprint density at radius 1 is 0.722 bits per heavy atom. The van der Waals surface area contributed by atoms with Crippen molar-refractivity contribution in [1.82, 2.24) is 0 Å². The van der Waals surface area contributed by atoms with Gasteiger partial charge in [0.15, 0.2) is 5.78 Å². The van der Waals surface area contributed by atoms with E-state index in [0.717, 1.165) is 16.7 Å². The molecule has 2 nitrogen and oxygen atoms in total. The zero-order valence-corrected chi connectivity index (χ0v) is 21.8. The van der Waals surface area contributed by atoms with Crippen LogP contribution in [0.1, 0.15) is 56.4 Å². The van der Waals surface area contributed by atoms with Gasteiger partial charge in [0.25, 0.3) is 0 Å². The quantitative estimate of drug-likeness (QED) is 0.272. The Kier molecular flexibility index (Phi) is 6.78. The summed E-state index contributed by atoms with van der Waals surface area (Å²) in [5, 5.41) is 13.6. The fraction of sp³-hybridized carbons (Fsp3) is 0.219. The van der Waals surface area contributed by atoms with Crippen molar-refractivity contribution in [3.05, 3.63) is 140 Å². The standard InChI is InChI=1S/C32H28Cl2O2/c1-20-3-7-22(8-4-20)28-19-32(36,25-13-17-27(34)18-14-25)30(29(28)23-9-5-21(2)6-10-23)31(35)24-11-15-26(33)16-12-24/h3-18,28-30,36H,19H2,1-2H3. The first-order valence-electron chi connectivity index (χ1n) is 12.2. The van der Waals surface area contributed by atoms with Gasteiger partial charge in [0, 0.05) is 21.5 Å². The third kappa shape index (κ3) is 4.62. The van der Waals surface area contributed by atoms with Crippen molar-refractivity contribution in [1.29, 1.82) is 0 Å². The maximum Gasteiger partial charge on any atom is 0.169 e. The van der Waals surface area contributed by atoms with E-state index in [0.29, 0.717) is 27.6 Å². The van der Waals surface area contributed by atoms with Crippen LogP contribution in [0.4, 0.5) is 0 Å². The summed E-state index contributed by atoms with van der Waals surface area (Å²) in [5.74, 6) is -1.08. The van der Waals surface area contributed by atoms with Crippen molar-refractivity contribution < 1.29 is 9.90 Å². The van der Waals surface area contributed by atoms with Crippen LogP contribution in [-0.2, 0) is 5.60 Å². The molecule has 1 fully saturated rings. The summed E-state index contributed by atoms with van der Waals surface area (Å²) >= 11 is 12.3. The number of hydrogen-bond acceptors (Lipinski definition) is 2. The number of benzene rings is 4. The third-order valence-electron chi connectivity index (χ3n) is 7.56. The Morgan fingerprint density at radius 3 is 1.72 bits per heavy atom. The molecule has 1 aliphatic carbocycles. The topological polar surface area (TPSA) is 37.3 Å². The third-order valence-corrected chi connectivity index (χ3v) is 8.07. The van der Waals surface area contributed by atoms with Crippen molar-refractivity contribution in [2.24, 2.45) is 5.92 Å². The van der Waals surface area contributed by atoms with Gasteiger partial charge in [0.2, 0.25) is 0 Å². The average Bonchev–Trinajstić information content (AvgIpc) is 3.19. The van der Waals surface area contributed by atoms with Gasteiger partial charge in [-0.1, -0.05) is 95.0 Å². The number of Topliss-reactive ketones (excluding diaryl/α,β-unsaturated/α-hetero) is 1. The molecule has 0 spiro atoms. The van der Waals surface area contributed by atoms with E-state index < -0.39 is 11.5 Å². The summed E-state index contributed by atoms with van der Waals surface area (Å²) in [7, 11) is 0. The van der Waals surface area contributed by atoms with E-state index in [1.807, 2.05) is 12.1 Å². The number of carbonyl (C=O) groups excluding carboxylic acids is 1. The molecule has 5 rings (SSSR count). The molecule has 1 aliphatic rings. The lowest BCUT2D eigenvalue weighted by molar-refractivity contribution is -0.000251. The molecule has 36 heavy (non-hydrogen) atoms. The number of halogens is 2. The van der Waals surface area contributed by atoms with E-state index in [4.69, 9.17) is 23.2 Å². The number of rotatable bonds is 5. The molecule has 0 radical (unpaired) electrons. The maximum atomic E-state index is 14.3. The fourth-order valence-corrected chi connectivity index (χ4v) is 5.93.